The summed E-state index contributed by atoms with van der Waals surface area (Å²) in [4.78, 5) is 0. The van der Waals surface area contributed by atoms with Gasteiger partial charge in [-0.2, -0.15) is 0 Å². The number of anilines is 2. The van der Waals surface area contributed by atoms with Crippen LogP contribution in [-0.2, 0) is 0 Å². The lowest BCUT2D eigenvalue weighted by atomic mass is 9.79. The summed E-state index contributed by atoms with van der Waals surface area (Å²) in [6.45, 7) is 2.57. The second kappa shape index (κ2) is 5.55. The quantitative estimate of drug-likeness (QED) is 0.746. The molecule has 3 nitrogen and oxygen atoms in total. The minimum atomic E-state index is -0.727. The van der Waals surface area contributed by atoms with Crippen molar-refractivity contribution >= 4 is 23.0 Å². The van der Waals surface area contributed by atoms with Crippen LogP contribution in [-0.4, -0.2) is 17.3 Å². The molecule has 19 heavy (non-hydrogen) atoms. The number of nitrogens with two attached hydrogens (primary N) is 1. The molecule has 0 heterocycles. The Labute approximate surface area is 117 Å². The molecular formula is C14H20ClFN2O. The predicted molar refractivity (Wildman–Crippen MR) is 76.9 cm³/mol. The van der Waals surface area contributed by atoms with E-state index in [-0.39, 0.29) is 5.02 Å². The zero-order valence-electron chi connectivity index (χ0n) is 11.0. The van der Waals surface area contributed by atoms with Crippen LogP contribution in [0.1, 0.15) is 32.6 Å². The highest BCUT2D eigenvalue weighted by Crippen LogP contribution is 2.33. The molecule has 1 saturated carbocycles. The highest BCUT2D eigenvalue weighted by atomic mass is 35.5. The van der Waals surface area contributed by atoms with Gasteiger partial charge in [0.25, 0.3) is 0 Å². The molecule has 1 aromatic rings. The van der Waals surface area contributed by atoms with Crippen molar-refractivity contribution in [1.29, 1.82) is 0 Å². The molecule has 2 rings (SSSR count). The van der Waals surface area contributed by atoms with Crippen LogP contribution < -0.4 is 11.1 Å². The van der Waals surface area contributed by atoms with E-state index >= 15 is 0 Å². The van der Waals surface area contributed by atoms with Gasteiger partial charge >= 0.3 is 0 Å². The minimum absolute atomic E-state index is 0.00764. The van der Waals surface area contributed by atoms with Gasteiger partial charge in [0.1, 0.15) is 5.82 Å². The highest BCUT2D eigenvalue weighted by molar-refractivity contribution is 6.31. The first kappa shape index (κ1) is 14.4. The van der Waals surface area contributed by atoms with Gasteiger partial charge in [-0.3, -0.25) is 0 Å². The summed E-state index contributed by atoms with van der Waals surface area (Å²) in [6.07, 6.45) is 3.56. The molecule has 0 spiro atoms. The number of hydrogen-bond donors (Lipinski definition) is 3. The Bertz CT molecular complexity index is 459. The molecule has 0 saturated heterocycles. The van der Waals surface area contributed by atoms with Gasteiger partial charge < -0.3 is 16.2 Å². The molecular weight excluding hydrogens is 267 g/mol. The predicted octanol–water partition coefficient (Wildman–Crippen LogP) is 3.41. The van der Waals surface area contributed by atoms with Gasteiger partial charge in [-0.1, -0.05) is 18.5 Å². The highest BCUT2D eigenvalue weighted by Gasteiger charge is 2.31. The molecule has 1 aliphatic carbocycles. The Balaban J connectivity index is 2.01. The van der Waals surface area contributed by atoms with E-state index in [4.69, 9.17) is 17.3 Å². The number of aliphatic hydroxyl groups is 1. The first-order valence-corrected chi connectivity index (χ1v) is 6.98. The summed E-state index contributed by atoms with van der Waals surface area (Å²) in [7, 11) is 0. The Kier molecular flexibility index (Phi) is 4.21. The van der Waals surface area contributed by atoms with E-state index in [9.17, 15) is 9.50 Å². The molecule has 0 amide bonds. The number of rotatable bonds is 3. The van der Waals surface area contributed by atoms with E-state index in [0.717, 1.165) is 25.7 Å². The Hall–Kier alpha value is -1.00. The number of nitrogen functional groups attached to an aromatic ring is 1. The molecule has 5 heteroatoms. The fourth-order valence-electron chi connectivity index (χ4n) is 2.45. The molecule has 0 unspecified atom stereocenters. The van der Waals surface area contributed by atoms with Crippen LogP contribution in [0, 0.1) is 11.7 Å². The van der Waals surface area contributed by atoms with Crippen LogP contribution in [0.25, 0.3) is 0 Å². The second-order valence-corrected chi connectivity index (χ2v) is 6.02. The van der Waals surface area contributed by atoms with Gasteiger partial charge in [0, 0.05) is 12.6 Å². The summed E-state index contributed by atoms with van der Waals surface area (Å²) in [5, 5.41) is 13.5. The summed E-state index contributed by atoms with van der Waals surface area (Å²) < 4.78 is 13.4. The fourth-order valence-corrected chi connectivity index (χ4v) is 2.62. The van der Waals surface area contributed by atoms with E-state index in [1.807, 2.05) is 0 Å². The van der Waals surface area contributed by atoms with Crippen LogP contribution in [0.3, 0.4) is 0 Å². The van der Waals surface area contributed by atoms with Crippen molar-refractivity contribution in [2.45, 2.75) is 38.2 Å². The van der Waals surface area contributed by atoms with E-state index in [1.54, 1.807) is 0 Å². The van der Waals surface area contributed by atoms with Gasteiger partial charge in [0.2, 0.25) is 0 Å². The molecule has 0 aromatic heterocycles. The van der Waals surface area contributed by atoms with Crippen molar-refractivity contribution in [2.24, 2.45) is 5.92 Å². The number of benzene rings is 1. The fraction of sp³-hybridized carbons (Fsp3) is 0.571. The Morgan fingerprint density at radius 1 is 1.47 bits per heavy atom. The lowest BCUT2D eigenvalue weighted by Crippen LogP contribution is -2.40. The standard InChI is InChI=1S/C14H20ClFN2O/c1-9-2-4-14(19,5-3-9)8-18-13-7-11(16)10(15)6-12(13)17/h6-7,9,18-19H,2-5,8,17H2,1H3. The van der Waals surface area contributed by atoms with Gasteiger partial charge in [0.05, 0.1) is 22.0 Å². The first-order valence-electron chi connectivity index (χ1n) is 6.60. The molecule has 0 radical (unpaired) electrons. The van der Waals surface area contributed by atoms with E-state index in [2.05, 4.69) is 12.2 Å². The van der Waals surface area contributed by atoms with Crippen LogP contribution in [0.15, 0.2) is 12.1 Å². The Morgan fingerprint density at radius 2 is 2.11 bits per heavy atom. The molecule has 1 aromatic carbocycles. The van der Waals surface area contributed by atoms with Crippen molar-refractivity contribution in [1.82, 2.24) is 0 Å². The average molecular weight is 287 g/mol. The molecule has 0 atom stereocenters. The molecule has 106 valence electrons. The first-order chi connectivity index (χ1) is 8.89. The number of halogens is 2. The van der Waals surface area contributed by atoms with Gasteiger partial charge in [-0.25, -0.2) is 4.39 Å². The lowest BCUT2D eigenvalue weighted by Gasteiger charge is -2.35. The largest absolute Gasteiger partial charge is 0.397 e. The molecule has 1 aliphatic rings. The van der Waals surface area contributed by atoms with Gasteiger partial charge in [-0.05, 0) is 37.7 Å². The smallest absolute Gasteiger partial charge is 0.143 e. The van der Waals surface area contributed by atoms with Crippen molar-refractivity contribution in [3.05, 3.63) is 23.0 Å². The van der Waals surface area contributed by atoms with Crippen LogP contribution in [0.5, 0.6) is 0 Å². The maximum atomic E-state index is 13.4. The topological polar surface area (TPSA) is 58.3 Å². The Morgan fingerprint density at radius 3 is 2.74 bits per heavy atom. The number of hydrogen-bond acceptors (Lipinski definition) is 3. The van der Waals surface area contributed by atoms with Crippen LogP contribution in [0.2, 0.25) is 5.02 Å². The van der Waals surface area contributed by atoms with Crippen molar-refractivity contribution in [3.63, 3.8) is 0 Å². The van der Waals surface area contributed by atoms with Crippen molar-refractivity contribution < 1.29 is 9.50 Å². The second-order valence-electron chi connectivity index (χ2n) is 5.61. The minimum Gasteiger partial charge on any atom is -0.397 e. The zero-order chi connectivity index (χ0) is 14.0. The van der Waals surface area contributed by atoms with Crippen molar-refractivity contribution in [3.8, 4) is 0 Å². The summed E-state index contributed by atoms with van der Waals surface area (Å²) in [5.74, 6) is 0.154. The third kappa shape index (κ3) is 3.51. The van der Waals surface area contributed by atoms with Crippen molar-refractivity contribution in [2.75, 3.05) is 17.6 Å². The maximum Gasteiger partial charge on any atom is 0.143 e. The third-order valence-corrected chi connectivity index (χ3v) is 4.19. The maximum absolute atomic E-state index is 13.4. The lowest BCUT2D eigenvalue weighted by molar-refractivity contribution is 0.00502. The molecule has 4 N–H and O–H groups in total. The molecule has 0 aliphatic heterocycles. The normalized spacial score (nSPS) is 27.3. The monoisotopic (exact) mass is 286 g/mol. The van der Waals surface area contributed by atoms with Crippen LogP contribution in [0.4, 0.5) is 15.8 Å². The third-order valence-electron chi connectivity index (χ3n) is 3.91. The summed E-state index contributed by atoms with van der Waals surface area (Å²) in [6, 6.07) is 2.65. The van der Waals surface area contributed by atoms with E-state index < -0.39 is 11.4 Å². The van der Waals surface area contributed by atoms with Gasteiger partial charge in [0.15, 0.2) is 0 Å². The average Bonchev–Trinajstić information content (AvgIpc) is 2.36. The zero-order valence-corrected chi connectivity index (χ0v) is 11.8. The molecule has 0 bridgehead atoms. The summed E-state index contributed by atoms with van der Waals surface area (Å²) >= 11 is 5.65. The van der Waals surface area contributed by atoms with Crippen LogP contribution >= 0.6 is 11.6 Å². The SMILES string of the molecule is CC1CCC(O)(CNc2cc(F)c(Cl)cc2N)CC1. The summed E-state index contributed by atoms with van der Waals surface area (Å²) in [5.41, 5.74) is 5.92. The van der Waals surface area contributed by atoms with E-state index in [1.165, 1.54) is 12.1 Å². The van der Waals surface area contributed by atoms with E-state index in [0.29, 0.717) is 23.8 Å². The molecule has 1 fully saturated rings. The van der Waals surface area contributed by atoms with Gasteiger partial charge in [-0.15, -0.1) is 0 Å². The number of nitrogens with one attached hydrogen (secondary N) is 1.